The highest BCUT2D eigenvalue weighted by atomic mass is 35.5. The average molecular weight is 547 g/mol. The van der Waals surface area contributed by atoms with Crippen LogP contribution < -0.4 is 16.0 Å². The van der Waals surface area contributed by atoms with Gasteiger partial charge in [-0.2, -0.15) is 0 Å². The monoisotopic (exact) mass is 546 g/mol. The molecular weight excluding hydrogens is 523 g/mol. The third-order valence-electron chi connectivity index (χ3n) is 5.83. The minimum absolute atomic E-state index is 0.0175. The molecule has 194 valence electrons. The predicted octanol–water partition coefficient (Wildman–Crippen LogP) is 3.21. The van der Waals surface area contributed by atoms with Crippen LogP contribution in [0.3, 0.4) is 0 Å². The second-order valence-electron chi connectivity index (χ2n) is 8.30. The Morgan fingerprint density at radius 3 is 2.57 bits per heavy atom. The number of ether oxygens (including phenoxy) is 1. The largest absolute Gasteiger partial charge is 0.465 e. The summed E-state index contributed by atoms with van der Waals surface area (Å²) >= 11 is 7.03. The van der Waals surface area contributed by atoms with Crippen molar-refractivity contribution in [2.75, 3.05) is 24.8 Å². The van der Waals surface area contributed by atoms with Crippen molar-refractivity contribution >= 4 is 46.4 Å². The molecule has 2 atom stereocenters. The number of nitrogens with zero attached hydrogens (tertiary/aromatic N) is 3. The number of hydrogen-bond donors (Lipinski definition) is 1. The molecule has 3 aromatic rings. The van der Waals surface area contributed by atoms with Crippen LogP contribution in [0, 0.1) is 0 Å². The van der Waals surface area contributed by atoms with Crippen LogP contribution in [0.5, 0.6) is 0 Å². The Morgan fingerprint density at radius 1 is 1.16 bits per heavy atom. The van der Waals surface area contributed by atoms with Gasteiger partial charge in [-0.05, 0) is 55.8 Å². The fourth-order valence-corrected chi connectivity index (χ4v) is 5.09. The molecule has 9 nitrogen and oxygen atoms in total. The number of halogens is 2. The Bertz CT molecular complexity index is 1350. The van der Waals surface area contributed by atoms with E-state index in [9.17, 15) is 19.2 Å². The Kier molecular flexibility index (Phi) is 8.37. The van der Waals surface area contributed by atoms with E-state index >= 15 is 4.48 Å². The van der Waals surface area contributed by atoms with E-state index in [0.717, 1.165) is 11.3 Å². The topological polar surface area (TPSA) is 101 Å². The predicted molar refractivity (Wildman–Crippen MR) is 138 cm³/mol. The maximum atomic E-state index is 15.3. The van der Waals surface area contributed by atoms with Crippen LogP contribution in [-0.4, -0.2) is 59.0 Å². The van der Waals surface area contributed by atoms with Crippen LogP contribution in [0.4, 0.5) is 10.2 Å². The highest BCUT2D eigenvalue weighted by molar-refractivity contribution is 7.18. The number of thiophene rings is 1. The summed E-state index contributed by atoms with van der Waals surface area (Å²) in [5.74, 6) is -1.81. The molecule has 2 amide bonds. The molecule has 12 heteroatoms. The van der Waals surface area contributed by atoms with Crippen molar-refractivity contribution in [2.24, 2.45) is 0 Å². The van der Waals surface area contributed by atoms with Crippen LogP contribution in [0.15, 0.2) is 65.6 Å². The standard InChI is InChI=1S/C25H24ClFN4O5S/c1-2-36-23(33)15-29-14-16(28-24(34)20-10-11-21(26)37-20)13-19(29)25(35)31(27)18-8-6-17(7-9-18)30-12-4-3-5-22(30)32/h3-12,16,19H,2,13-15H2,1H3,(H,28,34). The van der Waals surface area contributed by atoms with Crippen molar-refractivity contribution < 1.29 is 23.6 Å². The summed E-state index contributed by atoms with van der Waals surface area (Å²) in [5, 5.41) is 2.85. The lowest BCUT2D eigenvalue weighted by atomic mass is 10.1. The number of anilines is 1. The third-order valence-corrected chi connectivity index (χ3v) is 7.06. The second-order valence-corrected chi connectivity index (χ2v) is 10.0. The molecule has 1 fully saturated rings. The maximum Gasteiger partial charge on any atom is 0.320 e. The normalized spacial score (nSPS) is 17.4. The molecule has 0 radical (unpaired) electrons. The van der Waals surface area contributed by atoms with Crippen molar-refractivity contribution in [3.8, 4) is 5.69 Å². The van der Waals surface area contributed by atoms with Crippen LogP contribution >= 0.6 is 22.9 Å². The van der Waals surface area contributed by atoms with E-state index in [1.165, 1.54) is 39.8 Å². The van der Waals surface area contributed by atoms with Crippen molar-refractivity contribution in [3.05, 3.63) is 80.4 Å². The van der Waals surface area contributed by atoms with Crippen molar-refractivity contribution in [2.45, 2.75) is 25.4 Å². The molecule has 2 unspecified atom stereocenters. The molecule has 0 spiro atoms. The van der Waals surface area contributed by atoms with E-state index in [1.807, 2.05) is 0 Å². The van der Waals surface area contributed by atoms with Gasteiger partial charge in [0.2, 0.25) is 0 Å². The molecule has 3 heterocycles. The van der Waals surface area contributed by atoms with E-state index in [1.54, 1.807) is 37.4 Å². The molecule has 4 rings (SSSR count). The van der Waals surface area contributed by atoms with E-state index < -0.39 is 24.0 Å². The van der Waals surface area contributed by atoms with Gasteiger partial charge >= 0.3 is 5.97 Å². The Hall–Kier alpha value is -3.54. The SMILES string of the molecule is CCOC(=O)CN1CC(NC(=O)c2ccc(Cl)s2)CC1C(=O)N(F)c1ccc(-n2ccccc2=O)cc1. The zero-order valence-corrected chi connectivity index (χ0v) is 21.4. The zero-order chi connectivity index (χ0) is 26.5. The number of likely N-dealkylation sites (tertiary alicyclic amines) is 1. The first kappa shape index (κ1) is 26.5. The maximum absolute atomic E-state index is 15.3. The Morgan fingerprint density at radius 2 is 1.92 bits per heavy atom. The molecule has 0 aliphatic carbocycles. The number of rotatable bonds is 8. The van der Waals surface area contributed by atoms with Crippen LogP contribution in [0.1, 0.15) is 23.0 Å². The fraction of sp³-hybridized carbons (Fsp3) is 0.280. The first-order chi connectivity index (χ1) is 17.8. The molecule has 0 bridgehead atoms. The van der Waals surface area contributed by atoms with Gasteiger partial charge in [0.05, 0.1) is 34.1 Å². The van der Waals surface area contributed by atoms with Crippen LogP contribution in [0.2, 0.25) is 4.34 Å². The summed E-state index contributed by atoms with van der Waals surface area (Å²) in [6.45, 7) is 1.75. The second kappa shape index (κ2) is 11.7. The number of aromatic nitrogens is 1. The van der Waals surface area contributed by atoms with Gasteiger partial charge in [0.25, 0.3) is 17.4 Å². The summed E-state index contributed by atoms with van der Waals surface area (Å²) in [6.07, 6.45) is 1.68. The quantitative estimate of drug-likeness (QED) is 0.344. The fourth-order valence-electron chi connectivity index (χ4n) is 4.15. The summed E-state index contributed by atoms with van der Waals surface area (Å²) in [7, 11) is 0. The minimum atomic E-state index is -1.01. The van der Waals surface area contributed by atoms with Crippen molar-refractivity contribution in [3.63, 3.8) is 0 Å². The molecule has 1 aromatic carbocycles. The van der Waals surface area contributed by atoms with Crippen LogP contribution in [-0.2, 0) is 14.3 Å². The molecule has 37 heavy (non-hydrogen) atoms. The molecule has 1 N–H and O–H groups in total. The van der Waals surface area contributed by atoms with Gasteiger partial charge in [0, 0.05) is 30.5 Å². The molecule has 1 saturated heterocycles. The number of esters is 1. The number of benzene rings is 1. The van der Waals surface area contributed by atoms with Crippen molar-refractivity contribution in [1.29, 1.82) is 0 Å². The van der Waals surface area contributed by atoms with Gasteiger partial charge in [-0.1, -0.05) is 22.1 Å². The number of carbonyl (C=O) groups is 3. The smallest absolute Gasteiger partial charge is 0.320 e. The number of nitrogens with one attached hydrogen (secondary N) is 1. The van der Waals surface area contributed by atoms with Gasteiger partial charge in [0.15, 0.2) is 0 Å². The lowest BCUT2D eigenvalue weighted by molar-refractivity contribution is -0.145. The van der Waals surface area contributed by atoms with E-state index in [4.69, 9.17) is 16.3 Å². The number of pyridine rings is 1. The molecular formula is C25H24ClFN4O5S. The lowest BCUT2D eigenvalue weighted by Gasteiger charge is -2.24. The number of hydrogen-bond acceptors (Lipinski definition) is 7. The van der Waals surface area contributed by atoms with Crippen molar-refractivity contribution in [1.82, 2.24) is 14.8 Å². The van der Waals surface area contributed by atoms with Crippen LogP contribution in [0.25, 0.3) is 5.69 Å². The first-order valence-electron chi connectivity index (χ1n) is 11.5. The van der Waals surface area contributed by atoms with Gasteiger partial charge in [-0.15, -0.1) is 16.5 Å². The summed E-state index contributed by atoms with van der Waals surface area (Å²) in [4.78, 5) is 51.9. The van der Waals surface area contributed by atoms with E-state index in [0.29, 0.717) is 14.9 Å². The first-order valence-corrected chi connectivity index (χ1v) is 12.7. The number of carbonyl (C=O) groups excluding carboxylic acids is 3. The highest BCUT2D eigenvalue weighted by Crippen LogP contribution is 2.26. The third kappa shape index (κ3) is 6.24. The minimum Gasteiger partial charge on any atom is -0.465 e. The van der Waals surface area contributed by atoms with Gasteiger partial charge < -0.3 is 10.1 Å². The Balaban J connectivity index is 1.49. The highest BCUT2D eigenvalue weighted by Gasteiger charge is 2.41. The zero-order valence-electron chi connectivity index (χ0n) is 19.8. The molecule has 1 aliphatic heterocycles. The lowest BCUT2D eigenvalue weighted by Crippen LogP contribution is -2.45. The van der Waals surface area contributed by atoms with Gasteiger partial charge in [-0.25, -0.2) is 0 Å². The van der Waals surface area contributed by atoms with E-state index in [-0.39, 0.29) is 48.4 Å². The molecule has 1 aliphatic rings. The molecule has 2 aromatic heterocycles. The van der Waals surface area contributed by atoms with E-state index in [2.05, 4.69) is 5.32 Å². The average Bonchev–Trinajstić information content (AvgIpc) is 3.49. The van der Waals surface area contributed by atoms with Gasteiger partial charge in [-0.3, -0.25) is 28.6 Å². The summed E-state index contributed by atoms with van der Waals surface area (Å²) in [6, 6.07) is 12.2. The number of amides is 2. The summed E-state index contributed by atoms with van der Waals surface area (Å²) < 4.78 is 22.1. The Labute approximate surface area is 220 Å². The van der Waals surface area contributed by atoms with Gasteiger partial charge in [0.1, 0.15) is 0 Å². The molecule has 0 saturated carbocycles. The summed E-state index contributed by atoms with van der Waals surface area (Å²) in [5.41, 5.74) is 0.230.